The van der Waals surface area contributed by atoms with Gasteiger partial charge in [0.2, 0.25) is 0 Å². The Morgan fingerprint density at radius 1 is 0.778 bits per heavy atom. The Hall–Kier alpha value is -3.13. The van der Waals surface area contributed by atoms with Gasteiger partial charge in [0, 0.05) is 5.56 Å². The minimum absolute atomic E-state index is 0.0717. The maximum absolute atomic E-state index is 12.6. The molecule has 2 amide bonds. The third-order valence-corrected chi connectivity index (χ3v) is 4.51. The first-order valence-corrected chi connectivity index (χ1v) is 8.65. The summed E-state index contributed by atoms with van der Waals surface area (Å²) in [6.45, 7) is 0. The fourth-order valence-corrected chi connectivity index (χ4v) is 2.92. The first-order chi connectivity index (χ1) is 12.8. The van der Waals surface area contributed by atoms with E-state index in [9.17, 15) is 22.8 Å². The number of carbonyl (C=O) groups excluding carboxylic acids is 2. The van der Waals surface area contributed by atoms with Crippen molar-refractivity contribution in [3.8, 4) is 0 Å². The fourth-order valence-electron chi connectivity index (χ4n) is 2.30. The van der Waals surface area contributed by atoms with Gasteiger partial charge in [0.25, 0.3) is 11.8 Å². The van der Waals surface area contributed by atoms with Crippen LogP contribution in [0.3, 0.4) is 0 Å². The first-order valence-electron chi connectivity index (χ1n) is 7.77. The summed E-state index contributed by atoms with van der Waals surface area (Å²) in [5.74, 6) is -0.900. The van der Waals surface area contributed by atoms with Crippen molar-refractivity contribution in [3.05, 3.63) is 82.0 Å². The van der Waals surface area contributed by atoms with E-state index in [1.54, 1.807) is 41.8 Å². The van der Waals surface area contributed by atoms with Crippen molar-refractivity contribution in [3.63, 3.8) is 0 Å². The Kier molecular flexibility index (Phi) is 5.27. The zero-order chi connectivity index (χ0) is 19.4. The van der Waals surface area contributed by atoms with Crippen LogP contribution in [0, 0.1) is 0 Å². The SMILES string of the molecule is O=C(Nc1ccccc1NC(=O)c1cccs1)c1ccc(C(F)(F)F)cc1. The summed E-state index contributed by atoms with van der Waals surface area (Å²) >= 11 is 1.28. The molecule has 27 heavy (non-hydrogen) atoms. The summed E-state index contributed by atoms with van der Waals surface area (Å²) in [5, 5.41) is 7.08. The molecule has 4 nitrogen and oxygen atoms in total. The molecule has 0 saturated heterocycles. The summed E-state index contributed by atoms with van der Waals surface area (Å²) in [7, 11) is 0. The molecular formula is C19H13F3N2O2S. The monoisotopic (exact) mass is 390 g/mol. The van der Waals surface area contributed by atoms with Gasteiger partial charge in [-0.25, -0.2) is 0 Å². The first kappa shape index (κ1) is 18.7. The zero-order valence-corrected chi connectivity index (χ0v) is 14.5. The lowest BCUT2D eigenvalue weighted by Crippen LogP contribution is -2.16. The van der Waals surface area contributed by atoms with E-state index < -0.39 is 17.6 Å². The molecule has 0 saturated carbocycles. The van der Waals surface area contributed by atoms with Crippen LogP contribution >= 0.6 is 11.3 Å². The third-order valence-electron chi connectivity index (χ3n) is 3.64. The summed E-state index contributed by atoms with van der Waals surface area (Å²) in [6, 6.07) is 13.9. The number of thiophene rings is 1. The Balaban J connectivity index is 1.75. The van der Waals surface area contributed by atoms with Crippen molar-refractivity contribution in [2.45, 2.75) is 6.18 Å². The molecule has 3 aromatic rings. The van der Waals surface area contributed by atoms with Crippen LogP contribution in [0.15, 0.2) is 66.0 Å². The van der Waals surface area contributed by atoms with Crippen molar-refractivity contribution in [1.29, 1.82) is 0 Å². The Morgan fingerprint density at radius 2 is 1.37 bits per heavy atom. The van der Waals surface area contributed by atoms with Gasteiger partial charge in [0.05, 0.1) is 21.8 Å². The number of hydrogen-bond acceptors (Lipinski definition) is 3. The Labute approximate surface area is 156 Å². The molecule has 8 heteroatoms. The topological polar surface area (TPSA) is 58.2 Å². The molecule has 0 aliphatic rings. The van der Waals surface area contributed by atoms with E-state index >= 15 is 0 Å². The lowest BCUT2D eigenvalue weighted by atomic mass is 10.1. The number of anilines is 2. The second-order valence-corrected chi connectivity index (χ2v) is 6.45. The van der Waals surface area contributed by atoms with E-state index in [4.69, 9.17) is 0 Å². The number of benzene rings is 2. The molecule has 0 spiro atoms. The number of alkyl halides is 3. The molecule has 2 aromatic carbocycles. The van der Waals surface area contributed by atoms with Gasteiger partial charge in [-0.15, -0.1) is 11.3 Å². The van der Waals surface area contributed by atoms with E-state index in [1.165, 1.54) is 11.3 Å². The molecule has 2 N–H and O–H groups in total. The summed E-state index contributed by atoms with van der Waals surface area (Å²) in [6.07, 6.45) is -4.46. The predicted molar refractivity (Wildman–Crippen MR) is 98.1 cm³/mol. The van der Waals surface area contributed by atoms with Crippen molar-refractivity contribution in [2.24, 2.45) is 0 Å². The van der Waals surface area contributed by atoms with Gasteiger partial charge in [-0.05, 0) is 47.8 Å². The van der Waals surface area contributed by atoms with Gasteiger partial charge in [-0.2, -0.15) is 13.2 Å². The molecule has 0 aliphatic heterocycles. The van der Waals surface area contributed by atoms with E-state index in [2.05, 4.69) is 10.6 Å². The standard InChI is InChI=1S/C19H13F3N2O2S/c20-19(21,22)13-9-7-12(8-10-13)17(25)23-14-4-1-2-5-15(14)24-18(26)16-6-3-11-27-16/h1-11H,(H,23,25)(H,24,26). The van der Waals surface area contributed by atoms with Crippen LogP contribution in [0.5, 0.6) is 0 Å². The van der Waals surface area contributed by atoms with Crippen LogP contribution in [0.4, 0.5) is 24.5 Å². The van der Waals surface area contributed by atoms with Crippen molar-refractivity contribution < 1.29 is 22.8 Å². The number of carbonyl (C=O) groups is 2. The fraction of sp³-hybridized carbons (Fsp3) is 0.0526. The molecule has 0 radical (unpaired) electrons. The minimum Gasteiger partial charge on any atom is -0.320 e. The highest BCUT2D eigenvalue weighted by atomic mass is 32.1. The van der Waals surface area contributed by atoms with Crippen molar-refractivity contribution in [2.75, 3.05) is 10.6 Å². The number of halogens is 3. The molecule has 0 aliphatic carbocycles. The maximum atomic E-state index is 12.6. The van der Waals surface area contributed by atoms with Crippen LogP contribution in [0.25, 0.3) is 0 Å². The van der Waals surface area contributed by atoms with Gasteiger partial charge in [0.15, 0.2) is 0 Å². The van der Waals surface area contributed by atoms with E-state index in [-0.39, 0.29) is 11.5 Å². The summed E-state index contributed by atoms with van der Waals surface area (Å²) in [4.78, 5) is 25.0. The van der Waals surface area contributed by atoms with Crippen LogP contribution in [-0.4, -0.2) is 11.8 Å². The number of rotatable bonds is 4. The molecule has 1 aromatic heterocycles. The zero-order valence-electron chi connectivity index (χ0n) is 13.7. The lowest BCUT2D eigenvalue weighted by Gasteiger charge is -2.12. The van der Waals surface area contributed by atoms with E-state index in [0.717, 1.165) is 24.3 Å². The molecule has 138 valence electrons. The normalized spacial score (nSPS) is 11.1. The molecule has 0 fully saturated rings. The van der Waals surface area contributed by atoms with Crippen molar-refractivity contribution in [1.82, 2.24) is 0 Å². The summed E-state index contributed by atoms with van der Waals surface area (Å²) < 4.78 is 37.9. The number of para-hydroxylation sites is 2. The summed E-state index contributed by atoms with van der Waals surface area (Å²) in [5.41, 5.74) is -0.0338. The van der Waals surface area contributed by atoms with Gasteiger partial charge >= 0.3 is 6.18 Å². The molecule has 0 bridgehead atoms. The Morgan fingerprint density at radius 3 is 1.89 bits per heavy atom. The maximum Gasteiger partial charge on any atom is 0.416 e. The highest BCUT2D eigenvalue weighted by molar-refractivity contribution is 7.12. The lowest BCUT2D eigenvalue weighted by molar-refractivity contribution is -0.137. The quantitative estimate of drug-likeness (QED) is 0.637. The highest BCUT2D eigenvalue weighted by Crippen LogP contribution is 2.29. The van der Waals surface area contributed by atoms with Crippen LogP contribution < -0.4 is 10.6 Å². The van der Waals surface area contributed by atoms with Gasteiger partial charge < -0.3 is 10.6 Å². The second-order valence-electron chi connectivity index (χ2n) is 5.51. The number of hydrogen-bond donors (Lipinski definition) is 2. The molecule has 3 rings (SSSR count). The molecule has 0 atom stereocenters. The van der Waals surface area contributed by atoms with E-state index in [0.29, 0.717) is 16.3 Å². The molecule has 1 heterocycles. The smallest absolute Gasteiger partial charge is 0.320 e. The van der Waals surface area contributed by atoms with Gasteiger partial charge in [-0.1, -0.05) is 18.2 Å². The van der Waals surface area contributed by atoms with Crippen LogP contribution in [-0.2, 0) is 6.18 Å². The van der Waals surface area contributed by atoms with Gasteiger partial charge in [-0.3, -0.25) is 9.59 Å². The number of amides is 2. The number of nitrogens with one attached hydrogen (secondary N) is 2. The molecule has 0 unspecified atom stereocenters. The molecular weight excluding hydrogens is 377 g/mol. The average Bonchev–Trinajstić information content (AvgIpc) is 3.17. The van der Waals surface area contributed by atoms with Crippen LogP contribution in [0.1, 0.15) is 25.6 Å². The predicted octanol–water partition coefficient (Wildman–Crippen LogP) is 5.27. The third kappa shape index (κ3) is 4.53. The van der Waals surface area contributed by atoms with Crippen LogP contribution in [0.2, 0.25) is 0 Å². The highest BCUT2D eigenvalue weighted by Gasteiger charge is 2.30. The Bertz CT molecular complexity index is 952. The largest absolute Gasteiger partial charge is 0.416 e. The van der Waals surface area contributed by atoms with Gasteiger partial charge in [0.1, 0.15) is 0 Å². The second kappa shape index (κ2) is 7.63. The van der Waals surface area contributed by atoms with E-state index in [1.807, 2.05) is 0 Å². The van der Waals surface area contributed by atoms with Crippen molar-refractivity contribution >= 4 is 34.5 Å². The average molecular weight is 390 g/mol. The minimum atomic E-state index is -4.46.